The lowest BCUT2D eigenvalue weighted by molar-refractivity contribution is 0.420. The maximum absolute atomic E-state index is 14.1. The van der Waals surface area contributed by atoms with Crippen molar-refractivity contribution in [2.45, 2.75) is 19.8 Å². The van der Waals surface area contributed by atoms with Crippen molar-refractivity contribution in [3.8, 4) is 11.4 Å². The molecule has 1 aliphatic rings. The normalized spacial score (nSPS) is 19.0. The Kier molecular flexibility index (Phi) is 3.88. The Morgan fingerprint density at radius 2 is 2.33 bits per heavy atom. The van der Waals surface area contributed by atoms with Gasteiger partial charge in [0.2, 0.25) is 5.95 Å². The number of aryl methyl sites for hydroxylation is 1. The van der Waals surface area contributed by atoms with E-state index in [0.29, 0.717) is 35.4 Å². The number of rotatable bonds is 3. The van der Waals surface area contributed by atoms with Crippen molar-refractivity contribution in [1.29, 1.82) is 0 Å². The Bertz CT molecular complexity index is 624. The average molecular weight is 289 g/mol. The number of benzene rings is 1. The van der Waals surface area contributed by atoms with Crippen molar-refractivity contribution in [3.63, 3.8) is 0 Å². The standard InChI is InChI=1S/C15H20FN5/c1-10-4-2-6-12(13(10)16)14-18-15(20-19-14)21-7-3-5-11(8-17)9-21/h2,4,6,11H,3,5,7-9,17H2,1H3,(H,18,19,20). The molecule has 21 heavy (non-hydrogen) atoms. The van der Waals surface area contributed by atoms with Gasteiger partial charge in [0.05, 0.1) is 5.56 Å². The van der Waals surface area contributed by atoms with Crippen LogP contribution in [0.25, 0.3) is 11.4 Å². The SMILES string of the molecule is Cc1cccc(-c2nc(N3CCCC(CN)C3)n[nH]2)c1F. The van der Waals surface area contributed by atoms with Gasteiger partial charge in [0.1, 0.15) is 5.82 Å². The van der Waals surface area contributed by atoms with Gasteiger partial charge in [0, 0.05) is 13.1 Å². The molecule has 1 aromatic heterocycles. The number of halogens is 1. The second kappa shape index (κ2) is 5.81. The molecule has 5 nitrogen and oxygen atoms in total. The Morgan fingerprint density at radius 1 is 1.48 bits per heavy atom. The number of anilines is 1. The number of nitrogens with zero attached hydrogens (tertiary/aromatic N) is 3. The Morgan fingerprint density at radius 3 is 3.14 bits per heavy atom. The van der Waals surface area contributed by atoms with Crippen molar-refractivity contribution in [2.24, 2.45) is 11.7 Å². The summed E-state index contributed by atoms with van der Waals surface area (Å²) in [6, 6.07) is 5.28. The van der Waals surface area contributed by atoms with E-state index < -0.39 is 0 Å². The zero-order chi connectivity index (χ0) is 14.8. The number of nitrogens with two attached hydrogens (primary N) is 1. The van der Waals surface area contributed by atoms with E-state index in [2.05, 4.69) is 20.1 Å². The molecule has 112 valence electrons. The number of aromatic nitrogens is 3. The maximum Gasteiger partial charge on any atom is 0.245 e. The molecule has 1 unspecified atom stereocenters. The van der Waals surface area contributed by atoms with Crippen LogP contribution in [0.1, 0.15) is 18.4 Å². The van der Waals surface area contributed by atoms with Crippen LogP contribution in [0.15, 0.2) is 18.2 Å². The lowest BCUT2D eigenvalue weighted by Crippen LogP contribution is -2.38. The Hall–Kier alpha value is -1.95. The van der Waals surface area contributed by atoms with Gasteiger partial charge in [-0.1, -0.05) is 12.1 Å². The Labute approximate surface area is 123 Å². The fraction of sp³-hybridized carbons (Fsp3) is 0.467. The second-order valence-electron chi connectivity index (χ2n) is 5.61. The third-order valence-corrected chi connectivity index (χ3v) is 4.06. The quantitative estimate of drug-likeness (QED) is 0.907. The smallest absolute Gasteiger partial charge is 0.245 e. The predicted molar refractivity (Wildman–Crippen MR) is 80.5 cm³/mol. The molecule has 3 rings (SSSR count). The van der Waals surface area contributed by atoms with Crippen LogP contribution in [0.4, 0.5) is 10.3 Å². The van der Waals surface area contributed by atoms with Crippen molar-refractivity contribution in [1.82, 2.24) is 15.2 Å². The van der Waals surface area contributed by atoms with Gasteiger partial charge in [0.15, 0.2) is 5.82 Å². The number of aromatic amines is 1. The van der Waals surface area contributed by atoms with Crippen molar-refractivity contribution in [2.75, 3.05) is 24.5 Å². The fourth-order valence-electron chi connectivity index (χ4n) is 2.78. The van der Waals surface area contributed by atoms with Crippen molar-refractivity contribution >= 4 is 5.95 Å². The van der Waals surface area contributed by atoms with E-state index in [1.54, 1.807) is 19.1 Å². The van der Waals surface area contributed by atoms with Crippen LogP contribution in [0.2, 0.25) is 0 Å². The van der Waals surface area contributed by atoms with Crippen LogP contribution in [-0.4, -0.2) is 34.8 Å². The Balaban J connectivity index is 1.85. The van der Waals surface area contributed by atoms with Gasteiger partial charge >= 0.3 is 0 Å². The first-order valence-corrected chi connectivity index (χ1v) is 7.32. The minimum atomic E-state index is -0.251. The summed E-state index contributed by atoms with van der Waals surface area (Å²) in [7, 11) is 0. The van der Waals surface area contributed by atoms with Crippen LogP contribution in [0.5, 0.6) is 0 Å². The molecule has 2 heterocycles. The fourth-order valence-corrected chi connectivity index (χ4v) is 2.78. The molecule has 1 aromatic carbocycles. The van der Waals surface area contributed by atoms with E-state index in [9.17, 15) is 4.39 Å². The molecule has 6 heteroatoms. The first kappa shape index (κ1) is 14.0. The molecular weight excluding hydrogens is 269 g/mol. The minimum Gasteiger partial charge on any atom is -0.339 e. The zero-order valence-electron chi connectivity index (χ0n) is 12.1. The largest absolute Gasteiger partial charge is 0.339 e. The summed E-state index contributed by atoms with van der Waals surface area (Å²) in [6.07, 6.45) is 2.24. The highest BCUT2D eigenvalue weighted by Crippen LogP contribution is 2.25. The lowest BCUT2D eigenvalue weighted by Gasteiger charge is -2.31. The van der Waals surface area contributed by atoms with Gasteiger partial charge in [-0.25, -0.2) is 4.39 Å². The van der Waals surface area contributed by atoms with Gasteiger partial charge < -0.3 is 10.6 Å². The first-order chi connectivity index (χ1) is 10.2. The van der Waals surface area contributed by atoms with E-state index in [1.165, 1.54) is 0 Å². The molecule has 3 N–H and O–H groups in total. The molecule has 1 fully saturated rings. The summed E-state index contributed by atoms with van der Waals surface area (Å²) in [4.78, 5) is 6.57. The lowest BCUT2D eigenvalue weighted by atomic mass is 9.99. The van der Waals surface area contributed by atoms with Crippen LogP contribution in [0.3, 0.4) is 0 Å². The van der Waals surface area contributed by atoms with Crippen LogP contribution < -0.4 is 10.6 Å². The van der Waals surface area contributed by atoms with Crippen molar-refractivity contribution in [3.05, 3.63) is 29.6 Å². The molecule has 0 radical (unpaired) electrons. The summed E-state index contributed by atoms with van der Waals surface area (Å²) in [5.41, 5.74) is 6.81. The molecule has 0 spiro atoms. The van der Waals surface area contributed by atoms with Gasteiger partial charge in [-0.3, -0.25) is 5.10 Å². The predicted octanol–water partition coefficient (Wildman–Crippen LogP) is 2.09. The third kappa shape index (κ3) is 2.76. The topological polar surface area (TPSA) is 70.8 Å². The minimum absolute atomic E-state index is 0.251. The summed E-state index contributed by atoms with van der Waals surface area (Å²) in [6.45, 7) is 4.21. The molecule has 0 bridgehead atoms. The van der Waals surface area contributed by atoms with Gasteiger partial charge in [-0.2, -0.15) is 4.98 Å². The third-order valence-electron chi connectivity index (χ3n) is 4.06. The molecule has 0 amide bonds. The summed E-state index contributed by atoms with van der Waals surface area (Å²) in [5, 5.41) is 7.08. The van der Waals surface area contributed by atoms with Gasteiger partial charge in [-0.05, 0) is 43.9 Å². The summed E-state index contributed by atoms with van der Waals surface area (Å²) < 4.78 is 14.1. The highest BCUT2D eigenvalue weighted by atomic mass is 19.1. The van der Waals surface area contributed by atoms with Crippen LogP contribution >= 0.6 is 0 Å². The van der Waals surface area contributed by atoms with Crippen molar-refractivity contribution < 1.29 is 4.39 Å². The summed E-state index contributed by atoms with van der Waals surface area (Å²) >= 11 is 0. The number of nitrogens with one attached hydrogen (secondary N) is 1. The monoisotopic (exact) mass is 289 g/mol. The second-order valence-corrected chi connectivity index (χ2v) is 5.61. The van der Waals surface area contributed by atoms with E-state index in [0.717, 1.165) is 25.9 Å². The maximum atomic E-state index is 14.1. The molecule has 0 saturated carbocycles. The first-order valence-electron chi connectivity index (χ1n) is 7.32. The summed E-state index contributed by atoms with van der Waals surface area (Å²) in [5.74, 6) is 1.33. The zero-order valence-corrected chi connectivity index (χ0v) is 12.1. The molecule has 2 aromatic rings. The molecule has 1 aliphatic heterocycles. The molecular formula is C15H20FN5. The van der Waals surface area contributed by atoms with E-state index in [4.69, 9.17) is 5.73 Å². The number of piperidine rings is 1. The van der Waals surface area contributed by atoms with E-state index in [1.807, 2.05) is 6.07 Å². The van der Waals surface area contributed by atoms with Gasteiger partial charge in [0.25, 0.3) is 0 Å². The van der Waals surface area contributed by atoms with Crippen LogP contribution in [-0.2, 0) is 0 Å². The molecule has 0 aliphatic carbocycles. The highest BCUT2D eigenvalue weighted by Gasteiger charge is 2.22. The average Bonchev–Trinajstić information content (AvgIpc) is 3.00. The number of hydrogen-bond donors (Lipinski definition) is 2. The van der Waals surface area contributed by atoms with E-state index >= 15 is 0 Å². The number of H-pyrrole nitrogens is 1. The molecule has 1 atom stereocenters. The van der Waals surface area contributed by atoms with Crippen LogP contribution in [0, 0.1) is 18.7 Å². The van der Waals surface area contributed by atoms with E-state index in [-0.39, 0.29) is 5.82 Å². The number of hydrogen-bond acceptors (Lipinski definition) is 4. The highest BCUT2D eigenvalue weighted by molar-refractivity contribution is 5.58. The molecule has 1 saturated heterocycles. The van der Waals surface area contributed by atoms with Gasteiger partial charge in [-0.15, -0.1) is 5.10 Å².